The fraction of sp³-hybridized carbons (Fsp3) is 0.273. The molecule has 0 aliphatic carbocycles. The maximum Gasteiger partial charge on any atom is 0.257 e. The molecule has 1 aliphatic rings. The van der Waals surface area contributed by atoms with Crippen LogP contribution in [0.1, 0.15) is 38.8 Å². The molecule has 1 aliphatic heterocycles. The van der Waals surface area contributed by atoms with Crippen molar-refractivity contribution in [3.63, 3.8) is 0 Å². The van der Waals surface area contributed by atoms with Gasteiger partial charge in [-0.1, -0.05) is 30.3 Å². The van der Waals surface area contributed by atoms with Crippen molar-refractivity contribution in [2.24, 2.45) is 0 Å². The molecular formula is C22H23N3O4. The summed E-state index contributed by atoms with van der Waals surface area (Å²) in [6.45, 7) is 4.65. The molecule has 1 fully saturated rings. The number of nitrogens with zero attached hydrogens (tertiary/aromatic N) is 2. The second-order valence-electron chi connectivity index (χ2n) is 7.03. The minimum absolute atomic E-state index is 0.0664. The van der Waals surface area contributed by atoms with E-state index in [4.69, 9.17) is 0 Å². The van der Waals surface area contributed by atoms with E-state index in [0.29, 0.717) is 11.4 Å². The minimum atomic E-state index is -0.856. The highest BCUT2D eigenvalue weighted by atomic mass is 16.2. The SMILES string of the molecule is CC(=O)Nc1ccc(N2C(=O)CC(N(C(C)=O)C(C)c3ccccc3)C2=O)cc1. The van der Waals surface area contributed by atoms with Crippen molar-refractivity contribution in [1.82, 2.24) is 4.90 Å². The zero-order valence-electron chi connectivity index (χ0n) is 16.6. The molecule has 1 N–H and O–H groups in total. The highest BCUT2D eigenvalue weighted by molar-refractivity contribution is 6.23. The topological polar surface area (TPSA) is 86.8 Å². The molecule has 29 heavy (non-hydrogen) atoms. The summed E-state index contributed by atoms with van der Waals surface area (Å²) in [6.07, 6.45) is -0.0664. The Morgan fingerprint density at radius 2 is 1.66 bits per heavy atom. The first-order valence-electron chi connectivity index (χ1n) is 9.38. The smallest absolute Gasteiger partial charge is 0.257 e. The molecule has 7 nitrogen and oxygen atoms in total. The Hall–Kier alpha value is -3.48. The average Bonchev–Trinajstić information content (AvgIpc) is 2.96. The predicted octanol–water partition coefficient (Wildman–Crippen LogP) is 2.89. The number of hydrogen-bond donors (Lipinski definition) is 1. The van der Waals surface area contributed by atoms with Crippen LogP contribution in [0, 0.1) is 0 Å². The van der Waals surface area contributed by atoms with E-state index >= 15 is 0 Å². The van der Waals surface area contributed by atoms with Gasteiger partial charge in [-0.15, -0.1) is 0 Å². The van der Waals surface area contributed by atoms with Gasteiger partial charge in [-0.25, -0.2) is 4.90 Å². The molecule has 4 amide bonds. The van der Waals surface area contributed by atoms with Gasteiger partial charge in [0.25, 0.3) is 5.91 Å². The van der Waals surface area contributed by atoms with Gasteiger partial charge in [0.15, 0.2) is 0 Å². The van der Waals surface area contributed by atoms with Crippen molar-refractivity contribution in [3.8, 4) is 0 Å². The molecule has 150 valence electrons. The number of hydrogen-bond acceptors (Lipinski definition) is 4. The molecule has 2 unspecified atom stereocenters. The van der Waals surface area contributed by atoms with Gasteiger partial charge < -0.3 is 10.2 Å². The van der Waals surface area contributed by atoms with E-state index in [-0.39, 0.29) is 30.2 Å². The summed E-state index contributed by atoms with van der Waals surface area (Å²) < 4.78 is 0. The summed E-state index contributed by atoms with van der Waals surface area (Å²) in [6, 6.07) is 14.6. The monoisotopic (exact) mass is 393 g/mol. The Morgan fingerprint density at radius 1 is 1.03 bits per heavy atom. The van der Waals surface area contributed by atoms with E-state index in [1.54, 1.807) is 24.3 Å². The molecule has 3 rings (SSSR count). The standard InChI is InChI=1S/C22H23N3O4/c1-14(17-7-5-4-6-8-17)24(16(3)27)20-13-21(28)25(22(20)29)19-11-9-18(10-12-19)23-15(2)26/h4-12,14,20H,13H2,1-3H3,(H,23,26). The zero-order chi connectivity index (χ0) is 21.1. The van der Waals surface area contributed by atoms with Crippen LogP contribution in [-0.2, 0) is 19.2 Å². The lowest BCUT2D eigenvalue weighted by Gasteiger charge is -2.32. The van der Waals surface area contributed by atoms with Crippen LogP contribution in [0.25, 0.3) is 0 Å². The van der Waals surface area contributed by atoms with Crippen LogP contribution in [-0.4, -0.2) is 34.6 Å². The van der Waals surface area contributed by atoms with Gasteiger partial charge in [0, 0.05) is 19.5 Å². The number of benzene rings is 2. The Labute approximate surface area is 169 Å². The van der Waals surface area contributed by atoms with Crippen LogP contribution in [0.2, 0.25) is 0 Å². The van der Waals surface area contributed by atoms with Crippen LogP contribution in [0.4, 0.5) is 11.4 Å². The van der Waals surface area contributed by atoms with Gasteiger partial charge in [0.05, 0.1) is 18.2 Å². The van der Waals surface area contributed by atoms with Crippen molar-refractivity contribution in [3.05, 3.63) is 60.2 Å². The van der Waals surface area contributed by atoms with E-state index in [2.05, 4.69) is 5.32 Å². The lowest BCUT2D eigenvalue weighted by atomic mass is 10.0. The molecule has 2 aromatic rings. The van der Waals surface area contributed by atoms with Crippen molar-refractivity contribution in [2.45, 2.75) is 39.3 Å². The zero-order valence-corrected chi connectivity index (χ0v) is 16.6. The number of carbonyl (C=O) groups excluding carboxylic acids is 4. The maximum absolute atomic E-state index is 13.1. The van der Waals surface area contributed by atoms with E-state index in [1.807, 2.05) is 37.3 Å². The van der Waals surface area contributed by atoms with Crippen molar-refractivity contribution in [2.75, 3.05) is 10.2 Å². The van der Waals surface area contributed by atoms with Gasteiger partial charge in [-0.05, 0) is 36.8 Å². The average molecular weight is 393 g/mol. The third-order valence-corrected chi connectivity index (χ3v) is 4.97. The number of anilines is 2. The summed E-state index contributed by atoms with van der Waals surface area (Å²) in [4.78, 5) is 51.9. The van der Waals surface area contributed by atoms with Gasteiger partial charge in [-0.3, -0.25) is 19.2 Å². The summed E-state index contributed by atoms with van der Waals surface area (Å²) >= 11 is 0. The molecule has 0 aromatic heterocycles. The van der Waals surface area contributed by atoms with Crippen LogP contribution >= 0.6 is 0 Å². The largest absolute Gasteiger partial charge is 0.326 e. The fourth-order valence-electron chi connectivity index (χ4n) is 3.66. The molecule has 0 saturated carbocycles. The Kier molecular flexibility index (Phi) is 5.77. The molecule has 1 heterocycles. The van der Waals surface area contributed by atoms with Crippen LogP contribution in [0.5, 0.6) is 0 Å². The first-order valence-corrected chi connectivity index (χ1v) is 9.38. The first-order chi connectivity index (χ1) is 13.8. The highest BCUT2D eigenvalue weighted by Gasteiger charge is 2.45. The van der Waals surface area contributed by atoms with Crippen molar-refractivity contribution in [1.29, 1.82) is 0 Å². The number of rotatable bonds is 5. The second-order valence-corrected chi connectivity index (χ2v) is 7.03. The Bertz CT molecular complexity index is 940. The Morgan fingerprint density at radius 3 is 2.21 bits per heavy atom. The van der Waals surface area contributed by atoms with E-state index in [0.717, 1.165) is 10.5 Å². The third-order valence-electron chi connectivity index (χ3n) is 4.97. The lowest BCUT2D eigenvalue weighted by molar-refractivity contribution is -0.139. The van der Waals surface area contributed by atoms with Gasteiger partial charge in [0.2, 0.25) is 17.7 Å². The van der Waals surface area contributed by atoms with E-state index in [9.17, 15) is 19.2 Å². The molecule has 0 bridgehead atoms. The van der Waals surface area contributed by atoms with Gasteiger partial charge in [-0.2, -0.15) is 0 Å². The van der Waals surface area contributed by atoms with Gasteiger partial charge >= 0.3 is 0 Å². The minimum Gasteiger partial charge on any atom is -0.326 e. The Balaban J connectivity index is 1.86. The van der Waals surface area contributed by atoms with E-state index in [1.165, 1.54) is 18.7 Å². The summed E-state index contributed by atoms with van der Waals surface area (Å²) in [5.41, 5.74) is 1.87. The highest BCUT2D eigenvalue weighted by Crippen LogP contribution is 2.31. The van der Waals surface area contributed by atoms with Gasteiger partial charge in [0.1, 0.15) is 6.04 Å². The summed E-state index contributed by atoms with van der Waals surface area (Å²) in [7, 11) is 0. The molecule has 7 heteroatoms. The molecule has 0 radical (unpaired) electrons. The number of carbonyl (C=O) groups is 4. The van der Waals surface area contributed by atoms with Crippen LogP contribution in [0.15, 0.2) is 54.6 Å². The third kappa shape index (κ3) is 4.18. The van der Waals surface area contributed by atoms with Crippen molar-refractivity contribution >= 4 is 35.0 Å². The first kappa shape index (κ1) is 20.3. The second kappa shape index (κ2) is 8.26. The van der Waals surface area contributed by atoms with Crippen LogP contribution in [0.3, 0.4) is 0 Å². The molecular weight excluding hydrogens is 370 g/mol. The number of nitrogens with one attached hydrogen (secondary N) is 1. The molecule has 1 saturated heterocycles. The maximum atomic E-state index is 13.1. The molecule has 2 atom stereocenters. The van der Waals surface area contributed by atoms with E-state index < -0.39 is 11.9 Å². The normalized spacial score (nSPS) is 17.2. The quantitative estimate of drug-likeness (QED) is 0.792. The van der Waals surface area contributed by atoms with Crippen LogP contribution < -0.4 is 10.2 Å². The number of imide groups is 1. The molecule has 0 spiro atoms. The predicted molar refractivity (Wildman–Crippen MR) is 109 cm³/mol. The number of amides is 4. The molecule has 2 aromatic carbocycles. The fourth-order valence-corrected chi connectivity index (χ4v) is 3.66. The lowest BCUT2D eigenvalue weighted by Crippen LogP contribution is -2.45. The summed E-state index contributed by atoms with van der Waals surface area (Å²) in [5.74, 6) is -1.27. The van der Waals surface area contributed by atoms with Crippen molar-refractivity contribution < 1.29 is 19.2 Å². The summed E-state index contributed by atoms with van der Waals surface area (Å²) in [5, 5.41) is 2.64.